The van der Waals surface area contributed by atoms with Gasteiger partial charge in [0.05, 0.1) is 30.2 Å². The third-order valence-corrected chi connectivity index (χ3v) is 4.38. The summed E-state index contributed by atoms with van der Waals surface area (Å²) in [6.07, 6.45) is 4.01. The fourth-order valence-corrected chi connectivity index (χ4v) is 2.85. The lowest BCUT2D eigenvalue weighted by atomic mass is 10.1. The van der Waals surface area contributed by atoms with E-state index in [1.807, 2.05) is 5.48 Å². The molecule has 160 valence electrons. The summed E-state index contributed by atoms with van der Waals surface area (Å²) >= 11 is 0. The molecule has 13 heteroatoms. The third-order valence-electron chi connectivity index (χ3n) is 3.86. The first-order chi connectivity index (χ1) is 14.2. The molecule has 0 aliphatic heterocycles. The van der Waals surface area contributed by atoms with Gasteiger partial charge in [-0.25, -0.2) is 23.8 Å². The molecule has 0 aliphatic carbocycles. The number of amides is 1. The van der Waals surface area contributed by atoms with Crippen LogP contribution in [0.3, 0.4) is 0 Å². The number of aryl methyl sites for hydroxylation is 1. The molecule has 0 unspecified atom stereocenters. The molecular formula is C17H17F2N4O6P. The van der Waals surface area contributed by atoms with E-state index in [-0.39, 0.29) is 29.2 Å². The van der Waals surface area contributed by atoms with E-state index in [0.29, 0.717) is 5.56 Å². The molecule has 0 bridgehead atoms. The Morgan fingerprint density at radius 3 is 2.77 bits per heavy atom. The molecule has 3 rings (SSSR count). The normalized spacial score (nSPS) is 11.6. The summed E-state index contributed by atoms with van der Waals surface area (Å²) in [5, 5.41) is 2.57. The number of phosphoric ester groups is 1. The van der Waals surface area contributed by atoms with Gasteiger partial charge in [0.15, 0.2) is 11.5 Å². The van der Waals surface area contributed by atoms with Crippen LogP contribution in [0, 0.1) is 18.6 Å². The molecule has 0 saturated carbocycles. The van der Waals surface area contributed by atoms with Crippen molar-refractivity contribution in [2.24, 2.45) is 0 Å². The summed E-state index contributed by atoms with van der Waals surface area (Å²) in [5.41, 5.74) is 1.97. The Balaban J connectivity index is 1.84. The van der Waals surface area contributed by atoms with Crippen LogP contribution in [0.5, 0.6) is 0 Å². The van der Waals surface area contributed by atoms with Crippen molar-refractivity contribution in [1.29, 1.82) is 0 Å². The molecule has 1 amide bonds. The highest BCUT2D eigenvalue weighted by molar-refractivity contribution is 7.46. The van der Waals surface area contributed by atoms with Crippen LogP contribution < -0.4 is 10.8 Å². The number of carbonyl (C=O) groups is 1. The first-order valence-corrected chi connectivity index (χ1v) is 9.99. The number of carbonyl (C=O) groups excluding carboxylic acids is 1. The van der Waals surface area contributed by atoms with Gasteiger partial charge in [-0.3, -0.25) is 14.2 Å². The van der Waals surface area contributed by atoms with E-state index in [9.17, 15) is 18.1 Å². The molecule has 3 aromatic rings. The third kappa shape index (κ3) is 5.17. The molecule has 1 aromatic carbocycles. The van der Waals surface area contributed by atoms with Crippen LogP contribution in [-0.4, -0.2) is 38.3 Å². The van der Waals surface area contributed by atoms with E-state index in [4.69, 9.17) is 14.6 Å². The van der Waals surface area contributed by atoms with Crippen molar-refractivity contribution < 1.29 is 37.3 Å². The van der Waals surface area contributed by atoms with E-state index in [1.165, 1.54) is 35.1 Å². The Hall–Kier alpha value is -2.89. The Morgan fingerprint density at radius 1 is 1.30 bits per heavy atom. The van der Waals surface area contributed by atoms with Gasteiger partial charge in [-0.05, 0) is 24.6 Å². The topological polar surface area (TPSA) is 134 Å². The highest BCUT2D eigenvalue weighted by atomic mass is 31.2. The molecule has 2 aromatic heterocycles. The number of nitrogens with zero attached hydrogens (tertiary/aromatic N) is 2. The van der Waals surface area contributed by atoms with Crippen LogP contribution in [0.15, 0.2) is 36.8 Å². The number of hydroxylamine groups is 1. The Labute approximate surface area is 168 Å². The molecule has 30 heavy (non-hydrogen) atoms. The summed E-state index contributed by atoms with van der Waals surface area (Å²) in [4.78, 5) is 38.4. The van der Waals surface area contributed by atoms with Crippen molar-refractivity contribution in [3.8, 4) is 0 Å². The molecule has 0 spiro atoms. The number of hydrogen-bond acceptors (Lipinski definition) is 6. The minimum absolute atomic E-state index is 0.0552. The van der Waals surface area contributed by atoms with Crippen LogP contribution in [0.4, 0.5) is 20.2 Å². The number of pyridine rings is 1. The van der Waals surface area contributed by atoms with Crippen molar-refractivity contribution in [2.45, 2.75) is 6.92 Å². The molecular weight excluding hydrogens is 425 g/mol. The quantitative estimate of drug-likeness (QED) is 0.237. The summed E-state index contributed by atoms with van der Waals surface area (Å²) < 4.78 is 45.3. The predicted molar refractivity (Wildman–Crippen MR) is 101 cm³/mol. The van der Waals surface area contributed by atoms with Gasteiger partial charge in [-0.1, -0.05) is 6.07 Å². The number of phosphoric acid groups is 1. The molecule has 4 N–H and O–H groups in total. The molecule has 0 atom stereocenters. The Bertz CT molecular complexity index is 1130. The number of halogens is 2. The number of nitrogens with one attached hydrogen (secondary N) is 2. The van der Waals surface area contributed by atoms with Crippen molar-refractivity contribution >= 4 is 30.8 Å². The minimum atomic E-state index is -4.67. The fourth-order valence-electron chi connectivity index (χ4n) is 2.54. The Kier molecular flexibility index (Phi) is 6.44. The van der Waals surface area contributed by atoms with Gasteiger partial charge in [0.1, 0.15) is 5.82 Å². The van der Waals surface area contributed by atoms with Crippen LogP contribution in [-0.2, 0) is 13.9 Å². The van der Waals surface area contributed by atoms with Gasteiger partial charge in [0.25, 0.3) is 5.91 Å². The number of aromatic nitrogens is 2. The monoisotopic (exact) mass is 442 g/mol. The first kappa shape index (κ1) is 21.8. The molecule has 0 saturated heterocycles. The SMILES string of the molecule is Cc1ccc(Nc2c(C(=O)NOCCOP(=O)(O)O)cn3ccnc3c2F)c(F)c1. The number of fused-ring (bicyclic) bond motifs is 1. The second-order valence-electron chi connectivity index (χ2n) is 6.10. The molecule has 10 nitrogen and oxygen atoms in total. The number of anilines is 2. The van der Waals surface area contributed by atoms with Crippen LogP contribution in [0.2, 0.25) is 0 Å². The lowest BCUT2D eigenvalue weighted by Crippen LogP contribution is -2.27. The van der Waals surface area contributed by atoms with Gasteiger partial charge in [-0.2, -0.15) is 0 Å². The van der Waals surface area contributed by atoms with Crippen molar-refractivity contribution in [1.82, 2.24) is 14.9 Å². The van der Waals surface area contributed by atoms with Gasteiger partial charge in [0.2, 0.25) is 0 Å². The molecule has 0 fully saturated rings. The lowest BCUT2D eigenvalue weighted by Gasteiger charge is -2.15. The van der Waals surface area contributed by atoms with Crippen LogP contribution >= 0.6 is 7.82 Å². The smallest absolute Gasteiger partial charge is 0.350 e. The number of hydrogen-bond donors (Lipinski definition) is 4. The zero-order chi connectivity index (χ0) is 21.9. The highest BCUT2D eigenvalue weighted by Gasteiger charge is 2.21. The molecule has 0 aliphatic rings. The van der Waals surface area contributed by atoms with Gasteiger partial charge < -0.3 is 19.5 Å². The van der Waals surface area contributed by atoms with Crippen LogP contribution in [0.25, 0.3) is 5.65 Å². The highest BCUT2D eigenvalue weighted by Crippen LogP contribution is 2.35. The van der Waals surface area contributed by atoms with E-state index in [2.05, 4.69) is 14.8 Å². The van der Waals surface area contributed by atoms with Gasteiger partial charge >= 0.3 is 7.82 Å². The maximum atomic E-state index is 15.0. The molecule has 0 radical (unpaired) electrons. The largest absolute Gasteiger partial charge is 0.469 e. The predicted octanol–water partition coefficient (Wildman–Crippen LogP) is 2.44. The van der Waals surface area contributed by atoms with Gasteiger partial charge in [0, 0.05) is 18.6 Å². The number of imidazole rings is 1. The van der Waals surface area contributed by atoms with Crippen molar-refractivity contribution in [2.75, 3.05) is 18.5 Å². The van der Waals surface area contributed by atoms with Crippen molar-refractivity contribution in [3.05, 3.63) is 59.6 Å². The Morgan fingerprint density at radius 2 is 2.07 bits per heavy atom. The zero-order valence-corrected chi connectivity index (χ0v) is 16.4. The lowest BCUT2D eigenvalue weighted by molar-refractivity contribution is 0.0164. The zero-order valence-electron chi connectivity index (χ0n) is 15.5. The second-order valence-corrected chi connectivity index (χ2v) is 7.34. The average Bonchev–Trinajstić information content (AvgIpc) is 3.13. The maximum Gasteiger partial charge on any atom is 0.469 e. The van der Waals surface area contributed by atoms with E-state index in [0.717, 1.165) is 0 Å². The second kappa shape index (κ2) is 8.86. The summed E-state index contributed by atoms with van der Waals surface area (Å²) in [6.45, 7) is 0.803. The minimum Gasteiger partial charge on any atom is -0.350 e. The van der Waals surface area contributed by atoms with Gasteiger partial charge in [-0.15, -0.1) is 0 Å². The first-order valence-electron chi connectivity index (χ1n) is 8.46. The maximum absolute atomic E-state index is 15.0. The van der Waals surface area contributed by atoms with E-state index < -0.39 is 32.0 Å². The average molecular weight is 442 g/mol. The molecule has 2 heterocycles. The number of benzene rings is 1. The fraction of sp³-hybridized carbons (Fsp3) is 0.176. The summed E-state index contributed by atoms with van der Waals surface area (Å²) in [6, 6.07) is 4.26. The summed E-state index contributed by atoms with van der Waals surface area (Å²) in [7, 11) is -4.67. The van der Waals surface area contributed by atoms with E-state index >= 15 is 0 Å². The van der Waals surface area contributed by atoms with Crippen LogP contribution in [0.1, 0.15) is 15.9 Å². The van der Waals surface area contributed by atoms with E-state index in [1.54, 1.807) is 13.0 Å². The number of rotatable bonds is 8. The summed E-state index contributed by atoms with van der Waals surface area (Å²) in [5.74, 6) is -2.43. The standard InChI is InChI=1S/C17H17F2N4O6P/c1-10-2-3-13(12(18)8-10)21-15-11(9-23-5-4-20-16(23)14(15)19)17(24)22-28-6-7-29-30(25,26)27/h2-5,8-9,21H,6-7H2,1H3,(H,22,24)(H2,25,26,27). The van der Waals surface area contributed by atoms with Crippen molar-refractivity contribution in [3.63, 3.8) is 0 Å².